The number of nitrogens with zero attached hydrogens (tertiary/aromatic N) is 1. The summed E-state index contributed by atoms with van der Waals surface area (Å²) in [6.07, 6.45) is -0.825. The second-order valence-electron chi connectivity index (χ2n) is 6.15. The van der Waals surface area contributed by atoms with E-state index in [4.69, 9.17) is 9.57 Å². The standard InChI is InChI=1S/C19H17N3O4/c1-11-18(23)21-15-9-13(7-8-16(15)25-11)20-19(24)17-10-14(22-26-17)12-5-3-2-4-6-12/h2-9,11,17H,10H2,1H3,(H,20,24)(H,21,23). The van der Waals surface area contributed by atoms with Crippen molar-refractivity contribution in [2.75, 3.05) is 10.6 Å². The topological polar surface area (TPSA) is 89.0 Å². The van der Waals surface area contributed by atoms with Gasteiger partial charge in [0.25, 0.3) is 11.8 Å². The summed E-state index contributed by atoms with van der Waals surface area (Å²) in [6, 6.07) is 14.7. The van der Waals surface area contributed by atoms with E-state index in [9.17, 15) is 9.59 Å². The van der Waals surface area contributed by atoms with E-state index in [0.29, 0.717) is 23.5 Å². The molecule has 0 aromatic heterocycles. The minimum Gasteiger partial charge on any atom is -0.479 e. The van der Waals surface area contributed by atoms with Crippen molar-refractivity contribution in [1.29, 1.82) is 0 Å². The van der Waals surface area contributed by atoms with Crippen LogP contribution in [-0.2, 0) is 14.4 Å². The first kappa shape index (κ1) is 16.1. The molecule has 0 aliphatic carbocycles. The number of oxime groups is 1. The van der Waals surface area contributed by atoms with Crippen LogP contribution in [0.15, 0.2) is 53.7 Å². The number of ether oxygens (including phenoxy) is 1. The largest absolute Gasteiger partial charge is 0.479 e. The predicted molar refractivity (Wildman–Crippen MR) is 96.3 cm³/mol. The van der Waals surface area contributed by atoms with Crippen LogP contribution < -0.4 is 15.4 Å². The van der Waals surface area contributed by atoms with Crippen LogP contribution >= 0.6 is 0 Å². The van der Waals surface area contributed by atoms with Crippen molar-refractivity contribution in [3.63, 3.8) is 0 Å². The van der Waals surface area contributed by atoms with Gasteiger partial charge >= 0.3 is 0 Å². The molecule has 26 heavy (non-hydrogen) atoms. The quantitative estimate of drug-likeness (QED) is 0.889. The average Bonchev–Trinajstić information content (AvgIpc) is 3.14. The Morgan fingerprint density at radius 2 is 2.04 bits per heavy atom. The zero-order valence-corrected chi connectivity index (χ0v) is 14.1. The lowest BCUT2D eigenvalue weighted by Crippen LogP contribution is -2.34. The molecule has 7 nitrogen and oxygen atoms in total. The third kappa shape index (κ3) is 3.11. The van der Waals surface area contributed by atoms with Crippen molar-refractivity contribution in [2.24, 2.45) is 5.16 Å². The smallest absolute Gasteiger partial charge is 0.268 e. The van der Waals surface area contributed by atoms with Gasteiger partial charge in [-0.25, -0.2) is 0 Å². The molecule has 0 fully saturated rings. The lowest BCUT2D eigenvalue weighted by Gasteiger charge is -2.23. The number of hydrogen-bond donors (Lipinski definition) is 2. The van der Waals surface area contributed by atoms with Gasteiger partial charge in [-0.15, -0.1) is 0 Å². The summed E-state index contributed by atoms with van der Waals surface area (Å²) in [5.41, 5.74) is 2.75. The summed E-state index contributed by atoms with van der Waals surface area (Å²) in [5.74, 6) is 0.0546. The molecular formula is C19H17N3O4. The molecule has 4 rings (SSSR count). The maximum absolute atomic E-state index is 12.4. The molecule has 2 heterocycles. The van der Waals surface area contributed by atoms with Crippen LogP contribution in [-0.4, -0.2) is 29.7 Å². The van der Waals surface area contributed by atoms with Gasteiger partial charge in [-0.1, -0.05) is 35.5 Å². The van der Waals surface area contributed by atoms with Gasteiger partial charge in [-0.3, -0.25) is 9.59 Å². The van der Waals surface area contributed by atoms with Crippen molar-refractivity contribution in [3.8, 4) is 5.75 Å². The lowest BCUT2D eigenvalue weighted by atomic mass is 10.0. The summed E-state index contributed by atoms with van der Waals surface area (Å²) in [4.78, 5) is 29.4. The molecule has 2 aliphatic heterocycles. The number of hydrogen-bond acceptors (Lipinski definition) is 5. The molecule has 0 saturated carbocycles. The maximum atomic E-state index is 12.4. The van der Waals surface area contributed by atoms with E-state index in [0.717, 1.165) is 11.3 Å². The minimum atomic E-state index is -0.688. The maximum Gasteiger partial charge on any atom is 0.268 e. The van der Waals surface area contributed by atoms with Gasteiger partial charge < -0.3 is 20.2 Å². The molecule has 2 amide bonds. The molecule has 0 spiro atoms. The first-order valence-electron chi connectivity index (χ1n) is 8.31. The van der Waals surface area contributed by atoms with Gasteiger partial charge in [0.15, 0.2) is 6.10 Å². The van der Waals surface area contributed by atoms with E-state index in [1.54, 1.807) is 25.1 Å². The molecule has 2 aromatic rings. The van der Waals surface area contributed by atoms with Gasteiger partial charge in [0, 0.05) is 12.1 Å². The number of amides is 2. The second-order valence-corrected chi connectivity index (χ2v) is 6.15. The average molecular weight is 351 g/mol. The van der Waals surface area contributed by atoms with Crippen molar-refractivity contribution >= 4 is 28.9 Å². The van der Waals surface area contributed by atoms with Crippen LogP contribution in [0.4, 0.5) is 11.4 Å². The predicted octanol–water partition coefficient (Wildman–Crippen LogP) is 2.54. The summed E-state index contributed by atoms with van der Waals surface area (Å²) in [5, 5.41) is 9.56. The van der Waals surface area contributed by atoms with Crippen molar-refractivity contribution in [3.05, 3.63) is 54.1 Å². The van der Waals surface area contributed by atoms with Crippen LogP contribution in [0.25, 0.3) is 0 Å². The van der Waals surface area contributed by atoms with E-state index < -0.39 is 12.2 Å². The van der Waals surface area contributed by atoms with Crippen LogP contribution in [0, 0.1) is 0 Å². The third-order valence-corrected chi connectivity index (χ3v) is 4.25. The van der Waals surface area contributed by atoms with Gasteiger partial charge in [0.05, 0.1) is 11.4 Å². The van der Waals surface area contributed by atoms with Crippen molar-refractivity contribution in [1.82, 2.24) is 0 Å². The monoisotopic (exact) mass is 351 g/mol. The summed E-state index contributed by atoms with van der Waals surface area (Å²) < 4.78 is 5.50. The zero-order valence-electron chi connectivity index (χ0n) is 14.1. The number of carbonyl (C=O) groups excluding carboxylic acids is 2. The number of fused-ring (bicyclic) bond motifs is 1. The summed E-state index contributed by atoms with van der Waals surface area (Å²) in [6.45, 7) is 1.68. The Bertz CT molecular complexity index is 895. The normalized spacial score (nSPS) is 21.0. The zero-order chi connectivity index (χ0) is 18.1. The molecular weight excluding hydrogens is 334 g/mol. The highest BCUT2D eigenvalue weighted by molar-refractivity contribution is 6.06. The first-order chi connectivity index (χ1) is 12.6. The third-order valence-electron chi connectivity index (χ3n) is 4.25. The van der Waals surface area contributed by atoms with Crippen molar-refractivity contribution in [2.45, 2.75) is 25.6 Å². The van der Waals surface area contributed by atoms with Gasteiger partial charge in [0.2, 0.25) is 6.10 Å². The van der Waals surface area contributed by atoms with E-state index in [1.807, 2.05) is 30.3 Å². The SMILES string of the molecule is CC1Oc2ccc(NC(=O)C3CC(c4ccccc4)=NO3)cc2NC1=O. The van der Waals surface area contributed by atoms with Crippen molar-refractivity contribution < 1.29 is 19.2 Å². The molecule has 2 aromatic carbocycles. The molecule has 0 saturated heterocycles. The van der Waals surface area contributed by atoms with Crippen LogP contribution in [0.1, 0.15) is 18.9 Å². The fourth-order valence-corrected chi connectivity index (χ4v) is 2.83. The van der Waals surface area contributed by atoms with Crippen LogP contribution in [0.5, 0.6) is 5.75 Å². The van der Waals surface area contributed by atoms with Gasteiger partial charge in [0.1, 0.15) is 5.75 Å². The highest BCUT2D eigenvalue weighted by atomic mass is 16.6. The molecule has 2 atom stereocenters. The number of anilines is 2. The van der Waals surface area contributed by atoms with E-state index in [-0.39, 0.29) is 11.8 Å². The lowest BCUT2D eigenvalue weighted by molar-refractivity contribution is -0.125. The number of nitrogens with one attached hydrogen (secondary N) is 2. The van der Waals surface area contributed by atoms with E-state index in [2.05, 4.69) is 15.8 Å². The van der Waals surface area contributed by atoms with E-state index >= 15 is 0 Å². The van der Waals surface area contributed by atoms with Crippen LogP contribution in [0.3, 0.4) is 0 Å². The Hall–Kier alpha value is -3.35. The first-order valence-corrected chi connectivity index (χ1v) is 8.31. The number of carbonyl (C=O) groups is 2. The number of rotatable bonds is 3. The van der Waals surface area contributed by atoms with Gasteiger partial charge in [-0.2, -0.15) is 0 Å². The molecule has 7 heteroatoms. The summed E-state index contributed by atoms with van der Waals surface area (Å²) >= 11 is 0. The molecule has 132 valence electrons. The fraction of sp³-hybridized carbons (Fsp3) is 0.211. The van der Waals surface area contributed by atoms with Gasteiger partial charge in [-0.05, 0) is 30.7 Å². The molecule has 2 aliphatic rings. The minimum absolute atomic E-state index is 0.221. The Kier molecular flexibility index (Phi) is 4.04. The Labute approximate surface area is 150 Å². The molecule has 2 N–H and O–H groups in total. The highest BCUT2D eigenvalue weighted by Gasteiger charge is 2.29. The number of benzene rings is 2. The molecule has 0 bridgehead atoms. The Morgan fingerprint density at radius 3 is 2.85 bits per heavy atom. The Morgan fingerprint density at radius 1 is 1.23 bits per heavy atom. The molecule has 2 unspecified atom stereocenters. The van der Waals surface area contributed by atoms with E-state index in [1.165, 1.54) is 0 Å². The Balaban J connectivity index is 1.42. The molecule has 0 radical (unpaired) electrons. The summed E-state index contributed by atoms with van der Waals surface area (Å²) in [7, 11) is 0. The second kappa shape index (κ2) is 6.51. The van der Waals surface area contributed by atoms with Crippen LogP contribution in [0.2, 0.25) is 0 Å². The highest BCUT2D eigenvalue weighted by Crippen LogP contribution is 2.32. The fourth-order valence-electron chi connectivity index (χ4n) is 2.83.